The summed E-state index contributed by atoms with van der Waals surface area (Å²) in [6, 6.07) is 2.44. The van der Waals surface area contributed by atoms with Crippen LogP contribution in [0.25, 0.3) is 0 Å². The second-order valence-electron chi connectivity index (χ2n) is 4.81. The predicted molar refractivity (Wildman–Crippen MR) is 70.9 cm³/mol. The summed E-state index contributed by atoms with van der Waals surface area (Å²) in [5, 5.41) is 6.80. The second kappa shape index (κ2) is 5.11. The predicted octanol–water partition coefficient (Wildman–Crippen LogP) is 2.87. The topological polar surface area (TPSA) is 64.2 Å². The van der Waals surface area contributed by atoms with Gasteiger partial charge in [0.25, 0.3) is 5.91 Å². The number of furan rings is 1. The minimum Gasteiger partial charge on any atom is -0.444 e. The third-order valence-electron chi connectivity index (χ3n) is 3.48. The van der Waals surface area contributed by atoms with Gasteiger partial charge in [-0.1, -0.05) is 0 Å². The van der Waals surface area contributed by atoms with Crippen molar-refractivity contribution in [1.29, 1.82) is 0 Å². The molecule has 118 valence electrons. The molecule has 2 aromatic rings. The molecule has 1 aliphatic heterocycles. The number of carbonyl (C=O) groups excluding carboxylic acids is 1. The Labute approximate surface area is 131 Å². The summed E-state index contributed by atoms with van der Waals surface area (Å²) < 4.78 is 45.1. The van der Waals surface area contributed by atoms with Gasteiger partial charge in [0, 0.05) is 13.1 Å². The Kier molecular flexibility index (Phi) is 3.50. The molecule has 0 saturated carbocycles. The van der Waals surface area contributed by atoms with Gasteiger partial charge in [-0.3, -0.25) is 4.79 Å². The molecule has 1 atom stereocenters. The zero-order valence-corrected chi connectivity index (χ0v) is 12.8. The van der Waals surface area contributed by atoms with Crippen molar-refractivity contribution in [2.75, 3.05) is 6.54 Å². The number of rotatable bonds is 1. The van der Waals surface area contributed by atoms with Gasteiger partial charge in [-0.2, -0.15) is 13.2 Å². The standard InChI is InChI=1S/C12H10BrF3N4O2/c1-6-9-17-18-11(12(14,15)16)20(9)5-4-19(6)10(21)7-2-3-8(13)22-7/h2-3,6H,4-5H2,1H3. The molecule has 0 aliphatic carbocycles. The highest BCUT2D eigenvalue weighted by Gasteiger charge is 2.42. The van der Waals surface area contributed by atoms with Gasteiger partial charge in [0.2, 0.25) is 5.82 Å². The SMILES string of the molecule is CC1c2nnc(C(F)(F)F)n2CCN1C(=O)c1ccc(Br)o1. The van der Waals surface area contributed by atoms with Crippen LogP contribution in [0.5, 0.6) is 0 Å². The number of alkyl halides is 3. The summed E-state index contributed by atoms with van der Waals surface area (Å²) in [6.45, 7) is 1.71. The number of hydrogen-bond acceptors (Lipinski definition) is 4. The molecule has 1 aliphatic rings. The van der Waals surface area contributed by atoms with E-state index in [1.165, 1.54) is 11.0 Å². The Morgan fingerprint density at radius 2 is 2.09 bits per heavy atom. The highest BCUT2D eigenvalue weighted by Crippen LogP contribution is 2.33. The molecule has 0 saturated heterocycles. The maximum absolute atomic E-state index is 12.8. The first-order valence-corrected chi connectivity index (χ1v) is 7.15. The lowest BCUT2D eigenvalue weighted by molar-refractivity contribution is -0.148. The van der Waals surface area contributed by atoms with Crippen LogP contribution in [0.1, 0.15) is 35.2 Å². The van der Waals surface area contributed by atoms with Gasteiger partial charge in [0.1, 0.15) is 0 Å². The Morgan fingerprint density at radius 3 is 2.68 bits per heavy atom. The molecular formula is C12H10BrF3N4O2. The van der Waals surface area contributed by atoms with Crippen molar-refractivity contribution >= 4 is 21.8 Å². The van der Waals surface area contributed by atoms with E-state index in [1.54, 1.807) is 13.0 Å². The maximum Gasteiger partial charge on any atom is 0.451 e. The molecule has 0 radical (unpaired) electrons. The minimum atomic E-state index is -4.57. The molecule has 10 heteroatoms. The molecule has 2 aromatic heterocycles. The lowest BCUT2D eigenvalue weighted by Crippen LogP contribution is -2.41. The zero-order valence-electron chi connectivity index (χ0n) is 11.3. The fraction of sp³-hybridized carbons (Fsp3) is 0.417. The van der Waals surface area contributed by atoms with Crippen LogP contribution in [0.3, 0.4) is 0 Å². The Bertz CT molecular complexity index is 724. The summed E-state index contributed by atoms with van der Waals surface area (Å²) in [5.74, 6) is -1.22. The van der Waals surface area contributed by atoms with Gasteiger partial charge in [0.15, 0.2) is 16.3 Å². The third kappa shape index (κ3) is 2.40. The monoisotopic (exact) mass is 378 g/mol. The Morgan fingerprint density at radius 1 is 1.36 bits per heavy atom. The van der Waals surface area contributed by atoms with Crippen molar-refractivity contribution < 1.29 is 22.4 Å². The molecule has 3 rings (SSSR count). The van der Waals surface area contributed by atoms with Crippen LogP contribution in [0.4, 0.5) is 13.2 Å². The molecular weight excluding hydrogens is 369 g/mol. The van der Waals surface area contributed by atoms with Crippen LogP contribution in [-0.4, -0.2) is 32.1 Å². The number of amides is 1. The van der Waals surface area contributed by atoms with Crippen molar-refractivity contribution in [2.24, 2.45) is 0 Å². The first-order valence-electron chi connectivity index (χ1n) is 6.35. The van der Waals surface area contributed by atoms with Crippen molar-refractivity contribution in [1.82, 2.24) is 19.7 Å². The van der Waals surface area contributed by atoms with Crippen molar-refractivity contribution in [2.45, 2.75) is 25.7 Å². The Balaban J connectivity index is 1.90. The quantitative estimate of drug-likeness (QED) is 0.765. The molecule has 3 heterocycles. The number of fused-ring (bicyclic) bond motifs is 1. The van der Waals surface area contributed by atoms with Gasteiger partial charge in [0.05, 0.1) is 6.04 Å². The first kappa shape index (κ1) is 15.1. The number of halogens is 4. The van der Waals surface area contributed by atoms with Crippen molar-refractivity contribution in [3.05, 3.63) is 34.2 Å². The molecule has 1 amide bonds. The van der Waals surface area contributed by atoms with Crippen LogP contribution in [-0.2, 0) is 12.7 Å². The molecule has 0 fully saturated rings. The fourth-order valence-corrected chi connectivity index (χ4v) is 2.75. The van der Waals surface area contributed by atoms with Crippen molar-refractivity contribution in [3.63, 3.8) is 0 Å². The van der Waals surface area contributed by atoms with Crippen LogP contribution in [0.2, 0.25) is 0 Å². The first-order chi connectivity index (χ1) is 10.3. The zero-order chi connectivity index (χ0) is 16.1. The molecule has 0 bridgehead atoms. The summed E-state index contributed by atoms with van der Waals surface area (Å²) in [7, 11) is 0. The van der Waals surface area contributed by atoms with E-state index < -0.39 is 23.9 Å². The molecule has 0 aromatic carbocycles. The maximum atomic E-state index is 12.8. The fourth-order valence-electron chi connectivity index (χ4n) is 2.44. The number of nitrogens with zero attached hydrogens (tertiary/aromatic N) is 4. The molecule has 0 spiro atoms. The van der Waals surface area contributed by atoms with Gasteiger partial charge in [-0.15, -0.1) is 10.2 Å². The van der Waals surface area contributed by atoms with E-state index >= 15 is 0 Å². The van der Waals surface area contributed by atoms with Crippen LogP contribution in [0, 0.1) is 0 Å². The molecule has 22 heavy (non-hydrogen) atoms. The van der Waals surface area contributed by atoms with Gasteiger partial charge in [-0.05, 0) is 35.0 Å². The molecule has 0 N–H and O–H groups in total. The minimum absolute atomic E-state index is 0.0187. The van der Waals surface area contributed by atoms with Crippen LogP contribution < -0.4 is 0 Å². The van der Waals surface area contributed by atoms with E-state index in [9.17, 15) is 18.0 Å². The van der Waals surface area contributed by atoms with E-state index in [4.69, 9.17) is 4.42 Å². The van der Waals surface area contributed by atoms with E-state index in [0.29, 0.717) is 4.67 Å². The van der Waals surface area contributed by atoms with E-state index in [1.807, 2.05) is 0 Å². The normalized spacial score (nSPS) is 18.4. The van der Waals surface area contributed by atoms with Crippen molar-refractivity contribution in [3.8, 4) is 0 Å². The third-order valence-corrected chi connectivity index (χ3v) is 3.91. The summed E-state index contributed by atoms with van der Waals surface area (Å²) in [6.07, 6.45) is -4.57. The molecule has 6 nitrogen and oxygen atoms in total. The van der Waals surface area contributed by atoms with Gasteiger partial charge < -0.3 is 13.9 Å². The second-order valence-corrected chi connectivity index (χ2v) is 5.59. The number of hydrogen-bond donors (Lipinski definition) is 0. The van der Waals surface area contributed by atoms with Gasteiger partial charge >= 0.3 is 6.18 Å². The average Bonchev–Trinajstić information content (AvgIpc) is 3.04. The van der Waals surface area contributed by atoms with E-state index in [-0.39, 0.29) is 24.7 Å². The van der Waals surface area contributed by atoms with E-state index in [0.717, 1.165) is 4.57 Å². The summed E-state index contributed by atoms with van der Waals surface area (Å²) >= 11 is 3.10. The van der Waals surface area contributed by atoms with Crippen LogP contribution >= 0.6 is 15.9 Å². The highest BCUT2D eigenvalue weighted by molar-refractivity contribution is 9.10. The Hall–Kier alpha value is -1.84. The summed E-state index contributed by atoms with van der Waals surface area (Å²) in [5.41, 5.74) is 0. The smallest absolute Gasteiger partial charge is 0.444 e. The number of carbonyl (C=O) groups is 1. The highest BCUT2D eigenvalue weighted by atomic mass is 79.9. The van der Waals surface area contributed by atoms with Gasteiger partial charge in [-0.25, -0.2) is 0 Å². The van der Waals surface area contributed by atoms with Crippen LogP contribution in [0.15, 0.2) is 21.2 Å². The van der Waals surface area contributed by atoms with E-state index in [2.05, 4.69) is 26.1 Å². The summed E-state index contributed by atoms with van der Waals surface area (Å²) in [4.78, 5) is 13.8. The number of aromatic nitrogens is 3. The lowest BCUT2D eigenvalue weighted by atomic mass is 10.2. The average molecular weight is 379 g/mol. The largest absolute Gasteiger partial charge is 0.451 e. The molecule has 1 unspecified atom stereocenters. The lowest BCUT2D eigenvalue weighted by Gasteiger charge is -2.33.